The van der Waals surface area contributed by atoms with Gasteiger partial charge in [-0.15, -0.1) is 0 Å². The Kier molecular flexibility index (Phi) is 6.60. The molecule has 0 saturated heterocycles. The van der Waals surface area contributed by atoms with Crippen LogP contribution >= 0.6 is 15.9 Å². The largest absolute Gasteiger partial charge is 0.422 e. The Morgan fingerprint density at radius 1 is 1.18 bits per heavy atom. The average molecular weight is 527 g/mol. The second-order valence-electron chi connectivity index (χ2n) is 7.82. The van der Waals surface area contributed by atoms with Crippen LogP contribution < -0.4 is 21.1 Å². The van der Waals surface area contributed by atoms with Gasteiger partial charge in [-0.05, 0) is 71.7 Å². The third-order valence-electron chi connectivity index (χ3n) is 5.29. The molecular formula is C24H20BrFN4O4. The minimum absolute atomic E-state index is 0.0667. The standard InChI is InChI=1S/C24H20BrFN4O4/c1-12(31)16-6-7-18(26)21(22(16)34-23(32)13-3-2-4-15(27)9-13)17-10-19(17)29-24(33)30-20-8-5-14(25)11-28-20/h2-9,11,17,19H,10,27H2,1H3,(H2,28,29,30,33). The van der Waals surface area contributed by atoms with Crippen molar-refractivity contribution >= 4 is 45.2 Å². The summed E-state index contributed by atoms with van der Waals surface area (Å²) in [7, 11) is 0. The first kappa shape index (κ1) is 23.4. The number of halogens is 2. The van der Waals surface area contributed by atoms with Gasteiger partial charge in [-0.3, -0.25) is 10.1 Å². The Morgan fingerprint density at radius 2 is 1.97 bits per heavy atom. The number of pyridine rings is 1. The number of carbonyl (C=O) groups is 3. The Morgan fingerprint density at radius 3 is 2.65 bits per heavy atom. The molecule has 8 nitrogen and oxygen atoms in total. The van der Waals surface area contributed by atoms with Gasteiger partial charge in [0.25, 0.3) is 0 Å². The number of nitrogens with zero attached hydrogens (tertiary/aromatic N) is 1. The number of carbonyl (C=O) groups excluding carboxylic acids is 3. The van der Waals surface area contributed by atoms with Crippen LogP contribution in [-0.2, 0) is 0 Å². The molecule has 2 amide bonds. The van der Waals surface area contributed by atoms with Gasteiger partial charge in [0, 0.05) is 33.9 Å². The first-order chi connectivity index (χ1) is 16.2. The molecular weight excluding hydrogens is 507 g/mol. The number of Topliss-reactive ketones (excluding diaryl/α,β-unsaturated/α-hetero) is 1. The first-order valence-corrected chi connectivity index (χ1v) is 11.1. The number of nitrogens with one attached hydrogen (secondary N) is 2. The van der Waals surface area contributed by atoms with Crippen molar-refractivity contribution in [1.82, 2.24) is 10.3 Å². The Hall–Kier alpha value is -3.79. The predicted octanol–water partition coefficient (Wildman–Crippen LogP) is 4.66. The maximum absolute atomic E-state index is 14.9. The van der Waals surface area contributed by atoms with Crippen LogP contribution in [0.4, 0.5) is 20.7 Å². The summed E-state index contributed by atoms with van der Waals surface area (Å²) in [6.45, 7) is 1.30. The highest BCUT2D eigenvalue weighted by Crippen LogP contribution is 2.47. The monoisotopic (exact) mass is 526 g/mol. The summed E-state index contributed by atoms with van der Waals surface area (Å²) in [6.07, 6.45) is 1.95. The number of nitrogens with two attached hydrogens (primary N) is 1. The van der Waals surface area contributed by atoms with E-state index in [-0.39, 0.29) is 28.2 Å². The summed E-state index contributed by atoms with van der Waals surface area (Å²) in [5.74, 6) is -2.08. The van der Waals surface area contributed by atoms with Gasteiger partial charge in [-0.25, -0.2) is 19.0 Å². The number of benzene rings is 2. The van der Waals surface area contributed by atoms with Gasteiger partial charge >= 0.3 is 12.0 Å². The van der Waals surface area contributed by atoms with Crippen LogP contribution in [0.1, 0.15) is 45.5 Å². The van der Waals surface area contributed by atoms with Crippen molar-refractivity contribution in [2.24, 2.45) is 0 Å². The Labute approximate surface area is 202 Å². The number of urea groups is 1. The van der Waals surface area contributed by atoms with E-state index in [9.17, 15) is 18.8 Å². The maximum Gasteiger partial charge on any atom is 0.343 e. The van der Waals surface area contributed by atoms with Crippen molar-refractivity contribution in [1.29, 1.82) is 0 Å². The van der Waals surface area contributed by atoms with E-state index >= 15 is 0 Å². The highest BCUT2D eigenvalue weighted by atomic mass is 79.9. The smallest absolute Gasteiger partial charge is 0.343 e. The number of rotatable bonds is 6. The average Bonchev–Trinajstić information content (AvgIpc) is 3.53. The zero-order valence-electron chi connectivity index (χ0n) is 18.0. The van der Waals surface area contributed by atoms with E-state index in [0.717, 1.165) is 10.5 Å². The van der Waals surface area contributed by atoms with Crippen LogP contribution in [0.3, 0.4) is 0 Å². The van der Waals surface area contributed by atoms with Crippen LogP contribution in [0.25, 0.3) is 0 Å². The van der Waals surface area contributed by atoms with E-state index in [1.807, 2.05) is 0 Å². The normalized spacial score (nSPS) is 16.4. The summed E-state index contributed by atoms with van der Waals surface area (Å²) in [4.78, 5) is 41.4. The summed E-state index contributed by atoms with van der Waals surface area (Å²) in [5.41, 5.74) is 6.39. The van der Waals surface area contributed by atoms with Crippen LogP contribution in [0, 0.1) is 5.82 Å². The lowest BCUT2D eigenvalue weighted by atomic mass is 10.0. The molecule has 174 valence electrons. The third-order valence-corrected chi connectivity index (χ3v) is 5.76. The summed E-state index contributed by atoms with van der Waals surface area (Å²) in [5, 5.41) is 5.35. The third kappa shape index (κ3) is 5.23. The second kappa shape index (κ2) is 9.60. The molecule has 1 fully saturated rings. The van der Waals surface area contributed by atoms with E-state index in [0.29, 0.717) is 17.9 Å². The van der Waals surface area contributed by atoms with Gasteiger partial charge in [0.05, 0.1) is 11.1 Å². The number of hydrogen-bond acceptors (Lipinski definition) is 6. The minimum Gasteiger partial charge on any atom is -0.422 e. The van der Waals surface area contributed by atoms with Crippen molar-refractivity contribution in [3.8, 4) is 5.75 Å². The summed E-state index contributed by atoms with van der Waals surface area (Å²) >= 11 is 3.27. The number of ketones is 1. The zero-order chi connectivity index (χ0) is 24.4. The molecule has 0 aliphatic heterocycles. The molecule has 1 aliphatic carbocycles. The van der Waals surface area contributed by atoms with Crippen molar-refractivity contribution in [3.63, 3.8) is 0 Å². The zero-order valence-corrected chi connectivity index (χ0v) is 19.6. The molecule has 1 aliphatic rings. The Balaban J connectivity index is 1.55. The number of anilines is 2. The van der Waals surface area contributed by atoms with Crippen LogP contribution in [-0.4, -0.2) is 28.8 Å². The molecule has 3 aromatic rings. The van der Waals surface area contributed by atoms with E-state index in [1.54, 1.807) is 30.5 Å². The fraction of sp³-hybridized carbons (Fsp3) is 0.167. The van der Waals surface area contributed by atoms with Crippen LogP contribution in [0.5, 0.6) is 5.75 Å². The van der Waals surface area contributed by atoms with Gasteiger partial charge < -0.3 is 15.8 Å². The number of aromatic nitrogens is 1. The lowest BCUT2D eigenvalue weighted by Gasteiger charge is -2.15. The number of hydrogen-bond donors (Lipinski definition) is 3. The number of esters is 1. The highest BCUT2D eigenvalue weighted by Gasteiger charge is 2.44. The molecule has 1 heterocycles. The van der Waals surface area contributed by atoms with E-state index in [2.05, 4.69) is 31.5 Å². The molecule has 1 aromatic heterocycles. The fourth-order valence-electron chi connectivity index (χ4n) is 3.57. The number of nitrogen functional groups attached to an aromatic ring is 1. The van der Waals surface area contributed by atoms with Gasteiger partial charge in [-0.2, -0.15) is 0 Å². The summed E-state index contributed by atoms with van der Waals surface area (Å²) < 4.78 is 21.2. The Bertz CT molecular complexity index is 1280. The number of ether oxygens (including phenoxy) is 1. The molecule has 10 heteroatoms. The van der Waals surface area contributed by atoms with Gasteiger partial charge in [-0.1, -0.05) is 6.07 Å². The van der Waals surface area contributed by atoms with Gasteiger partial charge in [0.15, 0.2) is 5.78 Å². The number of amides is 2. The van der Waals surface area contributed by atoms with E-state index in [4.69, 9.17) is 10.5 Å². The maximum atomic E-state index is 14.9. The highest BCUT2D eigenvalue weighted by molar-refractivity contribution is 9.10. The molecule has 34 heavy (non-hydrogen) atoms. The molecule has 4 rings (SSSR count). The molecule has 2 atom stereocenters. The van der Waals surface area contributed by atoms with Crippen molar-refractivity contribution in [3.05, 3.63) is 81.7 Å². The van der Waals surface area contributed by atoms with E-state index in [1.165, 1.54) is 25.1 Å². The molecule has 0 radical (unpaired) electrons. The first-order valence-electron chi connectivity index (χ1n) is 10.3. The molecule has 2 aromatic carbocycles. The van der Waals surface area contributed by atoms with Crippen LogP contribution in [0.2, 0.25) is 0 Å². The predicted molar refractivity (Wildman–Crippen MR) is 127 cm³/mol. The fourth-order valence-corrected chi connectivity index (χ4v) is 3.80. The lowest BCUT2D eigenvalue weighted by Crippen LogP contribution is -2.31. The molecule has 1 saturated carbocycles. The van der Waals surface area contributed by atoms with Crippen LogP contribution in [0.15, 0.2) is 59.2 Å². The lowest BCUT2D eigenvalue weighted by molar-refractivity contribution is 0.0730. The van der Waals surface area contributed by atoms with Crippen molar-refractivity contribution < 1.29 is 23.5 Å². The molecule has 4 N–H and O–H groups in total. The van der Waals surface area contributed by atoms with Gasteiger partial charge in [0.1, 0.15) is 17.4 Å². The summed E-state index contributed by atoms with van der Waals surface area (Å²) in [6, 6.07) is 11.0. The molecule has 0 spiro atoms. The molecule has 0 bridgehead atoms. The SMILES string of the molecule is CC(=O)c1ccc(F)c(C2CC2NC(=O)Nc2ccc(Br)cn2)c1OC(=O)c1cccc(N)c1. The van der Waals surface area contributed by atoms with Crippen molar-refractivity contribution in [2.75, 3.05) is 11.1 Å². The minimum atomic E-state index is -0.772. The van der Waals surface area contributed by atoms with Gasteiger partial charge in [0.2, 0.25) is 0 Å². The van der Waals surface area contributed by atoms with E-state index < -0.39 is 29.8 Å². The quantitative estimate of drug-likeness (QED) is 0.185. The van der Waals surface area contributed by atoms with Crippen molar-refractivity contribution in [2.45, 2.75) is 25.3 Å². The topological polar surface area (TPSA) is 123 Å². The molecule has 2 unspecified atom stereocenters. The second-order valence-corrected chi connectivity index (χ2v) is 8.73.